The summed E-state index contributed by atoms with van der Waals surface area (Å²) in [6.07, 6.45) is -2.95. The lowest BCUT2D eigenvalue weighted by Crippen LogP contribution is -2.45. The van der Waals surface area contributed by atoms with Crippen molar-refractivity contribution in [2.24, 2.45) is 5.41 Å². The summed E-state index contributed by atoms with van der Waals surface area (Å²) in [4.78, 5) is 2.19. The Bertz CT molecular complexity index is 1010. The van der Waals surface area contributed by atoms with Crippen LogP contribution in [-0.4, -0.2) is 33.9 Å². The summed E-state index contributed by atoms with van der Waals surface area (Å²) in [5, 5.41) is 7.94. The fourth-order valence-electron chi connectivity index (χ4n) is 4.37. The highest BCUT2D eigenvalue weighted by atomic mass is 35.5. The molecule has 4 rings (SSSR count). The number of benzene rings is 1. The van der Waals surface area contributed by atoms with Crippen LogP contribution in [0.3, 0.4) is 0 Å². The van der Waals surface area contributed by atoms with Crippen LogP contribution >= 0.6 is 11.6 Å². The van der Waals surface area contributed by atoms with Crippen molar-refractivity contribution in [2.75, 3.05) is 18.0 Å². The van der Waals surface area contributed by atoms with Gasteiger partial charge in [0.05, 0.1) is 5.69 Å². The number of halogens is 4. The SMILES string of the molecule is CC1(C)CN(c2ccn3c(CC(F)(F)F)nnc3c2Cl)CCC1c1ccccc1. The Hall–Kier alpha value is -2.28. The average molecular weight is 423 g/mol. The zero-order chi connectivity index (χ0) is 20.8. The maximum atomic E-state index is 12.8. The maximum Gasteiger partial charge on any atom is 0.396 e. The third-order valence-electron chi connectivity index (χ3n) is 5.70. The van der Waals surface area contributed by atoms with Crippen molar-refractivity contribution in [3.05, 3.63) is 59.0 Å². The van der Waals surface area contributed by atoms with E-state index >= 15 is 0 Å². The van der Waals surface area contributed by atoms with Crippen molar-refractivity contribution in [3.8, 4) is 0 Å². The van der Waals surface area contributed by atoms with Crippen LogP contribution in [-0.2, 0) is 6.42 Å². The van der Waals surface area contributed by atoms with Crippen molar-refractivity contribution in [1.29, 1.82) is 0 Å². The van der Waals surface area contributed by atoms with E-state index in [2.05, 4.69) is 53.2 Å². The highest BCUT2D eigenvalue weighted by molar-refractivity contribution is 6.36. The zero-order valence-electron chi connectivity index (χ0n) is 16.2. The average Bonchev–Trinajstić information content (AvgIpc) is 3.04. The number of rotatable bonds is 3. The van der Waals surface area contributed by atoms with Gasteiger partial charge in [0.1, 0.15) is 17.3 Å². The second-order valence-electron chi connectivity index (χ2n) is 8.28. The van der Waals surface area contributed by atoms with Crippen molar-refractivity contribution < 1.29 is 13.2 Å². The minimum atomic E-state index is -4.35. The van der Waals surface area contributed by atoms with E-state index in [0.717, 1.165) is 25.2 Å². The van der Waals surface area contributed by atoms with Gasteiger partial charge in [0.25, 0.3) is 0 Å². The maximum absolute atomic E-state index is 12.8. The second-order valence-corrected chi connectivity index (χ2v) is 8.66. The van der Waals surface area contributed by atoms with Crippen LogP contribution in [0.15, 0.2) is 42.6 Å². The van der Waals surface area contributed by atoms with E-state index in [9.17, 15) is 13.2 Å². The Labute approximate surface area is 172 Å². The van der Waals surface area contributed by atoms with Gasteiger partial charge in [0, 0.05) is 19.3 Å². The molecule has 29 heavy (non-hydrogen) atoms. The highest BCUT2D eigenvalue weighted by Crippen LogP contribution is 2.44. The van der Waals surface area contributed by atoms with Gasteiger partial charge in [-0.2, -0.15) is 13.2 Å². The number of nitrogens with zero attached hydrogens (tertiary/aromatic N) is 4. The molecule has 1 atom stereocenters. The third-order valence-corrected chi connectivity index (χ3v) is 6.06. The summed E-state index contributed by atoms with van der Waals surface area (Å²) in [7, 11) is 0. The van der Waals surface area contributed by atoms with Gasteiger partial charge in [-0.25, -0.2) is 0 Å². The first-order valence-corrected chi connectivity index (χ1v) is 9.92. The van der Waals surface area contributed by atoms with Gasteiger partial charge >= 0.3 is 6.18 Å². The third kappa shape index (κ3) is 3.92. The number of hydrogen-bond donors (Lipinski definition) is 0. The Morgan fingerprint density at radius 1 is 1.14 bits per heavy atom. The zero-order valence-corrected chi connectivity index (χ0v) is 17.0. The largest absolute Gasteiger partial charge is 0.396 e. The molecule has 4 nitrogen and oxygen atoms in total. The van der Waals surface area contributed by atoms with Crippen LogP contribution in [0.2, 0.25) is 5.02 Å². The van der Waals surface area contributed by atoms with Crippen LogP contribution in [0.4, 0.5) is 18.9 Å². The van der Waals surface area contributed by atoms with Crippen molar-refractivity contribution in [1.82, 2.24) is 14.6 Å². The van der Waals surface area contributed by atoms with Gasteiger partial charge in [0.2, 0.25) is 0 Å². The summed E-state index contributed by atoms with van der Waals surface area (Å²) in [6, 6.07) is 12.2. The van der Waals surface area contributed by atoms with Gasteiger partial charge < -0.3 is 4.90 Å². The van der Waals surface area contributed by atoms with Crippen molar-refractivity contribution in [2.45, 2.75) is 38.8 Å². The lowest BCUT2D eigenvalue weighted by atomic mass is 9.70. The molecule has 0 aliphatic carbocycles. The molecule has 1 saturated heterocycles. The smallest absolute Gasteiger partial charge is 0.370 e. The molecule has 1 aliphatic rings. The molecular formula is C21H22ClF3N4. The van der Waals surface area contributed by atoms with Crippen LogP contribution < -0.4 is 4.90 Å². The Kier molecular flexibility index (Phi) is 4.97. The molecule has 3 aromatic rings. The Morgan fingerprint density at radius 2 is 1.86 bits per heavy atom. The molecule has 0 saturated carbocycles. The van der Waals surface area contributed by atoms with Gasteiger partial charge in [-0.15, -0.1) is 10.2 Å². The molecule has 0 amide bonds. The fourth-order valence-corrected chi connectivity index (χ4v) is 4.68. The molecule has 154 valence electrons. The van der Waals surface area contributed by atoms with E-state index in [0.29, 0.717) is 10.9 Å². The van der Waals surface area contributed by atoms with E-state index in [1.54, 1.807) is 12.3 Å². The molecule has 8 heteroatoms. The monoisotopic (exact) mass is 422 g/mol. The lowest BCUT2D eigenvalue weighted by molar-refractivity contribution is -0.128. The molecule has 2 aromatic heterocycles. The molecule has 1 unspecified atom stereocenters. The first-order chi connectivity index (χ1) is 13.7. The number of aromatic nitrogens is 3. The predicted octanol–water partition coefficient (Wildman–Crippen LogP) is 5.51. The number of pyridine rings is 1. The standard InChI is InChI=1S/C21H22ClF3N4/c1-20(2)13-28(10-8-15(20)14-6-4-3-5-7-14)16-9-11-29-17(12-21(23,24)25)26-27-19(29)18(16)22/h3-7,9,11,15H,8,10,12-13H2,1-2H3. The second kappa shape index (κ2) is 7.20. The topological polar surface area (TPSA) is 33.4 Å². The molecule has 0 spiro atoms. The first-order valence-electron chi connectivity index (χ1n) is 9.54. The van der Waals surface area contributed by atoms with Crippen LogP contribution in [0.1, 0.15) is 37.6 Å². The fraction of sp³-hybridized carbons (Fsp3) is 0.429. The molecular weight excluding hydrogens is 401 g/mol. The van der Waals surface area contributed by atoms with E-state index in [-0.39, 0.29) is 16.9 Å². The first kappa shape index (κ1) is 20.0. The molecule has 0 radical (unpaired) electrons. The molecule has 1 aromatic carbocycles. The summed E-state index contributed by atoms with van der Waals surface area (Å²) < 4.78 is 39.6. The van der Waals surface area contributed by atoms with E-state index in [1.165, 1.54) is 9.96 Å². The molecule has 1 fully saturated rings. The quantitative estimate of drug-likeness (QED) is 0.558. The number of piperidine rings is 1. The van der Waals surface area contributed by atoms with E-state index in [1.807, 2.05) is 6.07 Å². The van der Waals surface area contributed by atoms with Gasteiger partial charge in [0.15, 0.2) is 5.65 Å². The van der Waals surface area contributed by atoms with Crippen molar-refractivity contribution in [3.63, 3.8) is 0 Å². The normalized spacial score (nSPS) is 19.7. The predicted molar refractivity (Wildman–Crippen MR) is 108 cm³/mol. The van der Waals surface area contributed by atoms with Crippen molar-refractivity contribution >= 4 is 22.9 Å². The lowest BCUT2D eigenvalue weighted by Gasteiger charge is -2.45. The summed E-state index contributed by atoms with van der Waals surface area (Å²) in [6.45, 7) is 6.07. The van der Waals surface area contributed by atoms with E-state index < -0.39 is 12.6 Å². The van der Waals surface area contributed by atoms with Crippen LogP contribution in [0.25, 0.3) is 5.65 Å². The Balaban J connectivity index is 1.62. The minimum absolute atomic E-state index is 0.00414. The van der Waals surface area contributed by atoms with Crippen LogP contribution in [0.5, 0.6) is 0 Å². The number of anilines is 1. The summed E-state index contributed by atoms with van der Waals surface area (Å²) in [5.41, 5.74) is 2.37. The molecule has 0 N–H and O–H groups in total. The molecule has 1 aliphatic heterocycles. The number of hydrogen-bond acceptors (Lipinski definition) is 3. The Morgan fingerprint density at radius 3 is 2.52 bits per heavy atom. The van der Waals surface area contributed by atoms with Crippen LogP contribution in [0, 0.1) is 5.41 Å². The van der Waals surface area contributed by atoms with E-state index in [4.69, 9.17) is 11.6 Å². The van der Waals surface area contributed by atoms with Gasteiger partial charge in [-0.1, -0.05) is 55.8 Å². The molecule has 3 heterocycles. The minimum Gasteiger partial charge on any atom is -0.370 e. The van der Waals surface area contributed by atoms with Gasteiger partial charge in [-0.05, 0) is 29.4 Å². The summed E-state index contributed by atoms with van der Waals surface area (Å²) >= 11 is 6.56. The molecule has 0 bridgehead atoms. The highest BCUT2D eigenvalue weighted by Gasteiger charge is 2.37. The van der Waals surface area contributed by atoms with Gasteiger partial charge in [-0.3, -0.25) is 4.40 Å². The number of fused-ring (bicyclic) bond motifs is 1. The number of alkyl halides is 3. The summed E-state index contributed by atoms with van der Waals surface area (Å²) in [5.74, 6) is 0.262.